The first-order valence-electron chi connectivity index (χ1n) is 5.29. The van der Waals surface area contributed by atoms with Crippen LogP contribution in [0.5, 0.6) is 5.75 Å². The van der Waals surface area contributed by atoms with Gasteiger partial charge in [0.1, 0.15) is 11.9 Å². The Balaban J connectivity index is 2.67. The predicted octanol–water partition coefficient (Wildman–Crippen LogP) is 1.54. The van der Waals surface area contributed by atoms with Gasteiger partial charge in [-0.25, -0.2) is 4.79 Å². The molecule has 1 N–H and O–H groups in total. The van der Waals surface area contributed by atoms with Crippen LogP contribution in [0.1, 0.15) is 6.92 Å². The molecule has 4 nitrogen and oxygen atoms in total. The van der Waals surface area contributed by atoms with E-state index in [1.807, 2.05) is 18.2 Å². The minimum atomic E-state index is -0.726. The van der Waals surface area contributed by atoms with Crippen LogP contribution < -0.4 is 4.74 Å². The van der Waals surface area contributed by atoms with E-state index in [1.54, 1.807) is 19.1 Å². The van der Waals surface area contributed by atoms with Gasteiger partial charge < -0.3 is 14.6 Å². The van der Waals surface area contributed by atoms with Crippen molar-refractivity contribution in [2.24, 2.45) is 0 Å². The Bertz CT molecular complexity index is 370. The van der Waals surface area contributed by atoms with Gasteiger partial charge in [0.2, 0.25) is 0 Å². The summed E-state index contributed by atoms with van der Waals surface area (Å²) in [6.07, 6.45) is 1.40. The van der Waals surface area contributed by atoms with Gasteiger partial charge in [-0.15, -0.1) is 0 Å². The van der Waals surface area contributed by atoms with E-state index in [1.165, 1.54) is 19.3 Å². The summed E-state index contributed by atoms with van der Waals surface area (Å²) in [5, 5.41) is 9.53. The zero-order valence-electron chi connectivity index (χ0n) is 9.87. The molecule has 0 bridgehead atoms. The van der Waals surface area contributed by atoms with Crippen LogP contribution in [-0.2, 0) is 9.53 Å². The summed E-state index contributed by atoms with van der Waals surface area (Å²) in [6.45, 7) is 1.59. The van der Waals surface area contributed by atoms with Gasteiger partial charge in [0, 0.05) is 6.08 Å². The molecular weight excluding hydrogens is 220 g/mol. The predicted molar refractivity (Wildman–Crippen MR) is 63.7 cm³/mol. The molecule has 0 fully saturated rings. The first kappa shape index (κ1) is 13.3. The average molecular weight is 236 g/mol. The number of rotatable bonds is 5. The Morgan fingerprint density at radius 3 is 2.53 bits per heavy atom. The van der Waals surface area contributed by atoms with Crippen LogP contribution in [0, 0.1) is 0 Å². The summed E-state index contributed by atoms with van der Waals surface area (Å²) in [5.41, 5.74) is 0. The van der Waals surface area contributed by atoms with Crippen LogP contribution in [0.3, 0.4) is 0 Å². The van der Waals surface area contributed by atoms with Gasteiger partial charge >= 0.3 is 5.97 Å². The smallest absolute Gasteiger partial charge is 0.330 e. The molecule has 92 valence electrons. The van der Waals surface area contributed by atoms with Gasteiger partial charge in [-0.05, 0) is 25.1 Å². The van der Waals surface area contributed by atoms with Gasteiger partial charge in [-0.2, -0.15) is 0 Å². The molecule has 0 aromatic heterocycles. The molecule has 2 atom stereocenters. The molecule has 0 aliphatic heterocycles. The molecule has 1 aromatic carbocycles. The van der Waals surface area contributed by atoms with E-state index in [0.29, 0.717) is 5.75 Å². The zero-order chi connectivity index (χ0) is 12.7. The van der Waals surface area contributed by atoms with Gasteiger partial charge in [0.25, 0.3) is 0 Å². The molecule has 4 heteroatoms. The average Bonchev–Trinajstić information content (AvgIpc) is 2.34. The molecule has 0 unspecified atom stereocenters. The van der Waals surface area contributed by atoms with E-state index in [4.69, 9.17) is 4.74 Å². The number of para-hydroxylation sites is 1. The fraction of sp³-hybridized carbons (Fsp3) is 0.308. The molecule has 0 heterocycles. The molecule has 0 saturated heterocycles. The fourth-order valence-corrected chi connectivity index (χ4v) is 1.20. The van der Waals surface area contributed by atoms with E-state index in [0.717, 1.165) is 0 Å². The standard InChI is InChI=1S/C13H16O4/c1-10(14)12(8-9-13(15)16-2)17-11-6-4-3-5-7-11/h3-10,12,14H,1-2H3/b9-8+/t10-,12+/m0/s1. The van der Waals surface area contributed by atoms with Crippen LogP contribution in [-0.4, -0.2) is 30.4 Å². The van der Waals surface area contributed by atoms with Gasteiger partial charge in [-0.3, -0.25) is 0 Å². The van der Waals surface area contributed by atoms with E-state index in [2.05, 4.69) is 4.74 Å². The molecule has 0 saturated carbocycles. The normalized spacial score (nSPS) is 14.3. The highest BCUT2D eigenvalue weighted by Crippen LogP contribution is 2.13. The number of carbonyl (C=O) groups excluding carboxylic acids is 1. The van der Waals surface area contributed by atoms with Crippen molar-refractivity contribution in [1.82, 2.24) is 0 Å². The first-order chi connectivity index (χ1) is 8.13. The van der Waals surface area contributed by atoms with Crippen molar-refractivity contribution in [2.45, 2.75) is 19.1 Å². The second-order valence-electron chi connectivity index (χ2n) is 3.52. The second kappa shape index (κ2) is 6.70. The Kier molecular flexibility index (Phi) is 5.23. The Labute approximate surface area is 100 Å². The van der Waals surface area contributed by atoms with Crippen LogP contribution >= 0.6 is 0 Å². The lowest BCUT2D eigenvalue weighted by Gasteiger charge is -2.18. The Morgan fingerprint density at radius 2 is 2.00 bits per heavy atom. The topological polar surface area (TPSA) is 55.8 Å². The number of carbonyl (C=O) groups is 1. The lowest BCUT2D eigenvalue weighted by Crippen LogP contribution is -2.27. The van der Waals surface area contributed by atoms with Gasteiger partial charge in [0.15, 0.2) is 0 Å². The number of methoxy groups -OCH3 is 1. The molecule has 17 heavy (non-hydrogen) atoms. The van der Waals surface area contributed by atoms with E-state index < -0.39 is 18.2 Å². The maximum absolute atomic E-state index is 10.9. The number of aliphatic hydroxyl groups is 1. The largest absolute Gasteiger partial charge is 0.484 e. The second-order valence-corrected chi connectivity index (χ2v) is 3.52. The van der Waals surface area contributed by atoms with E-state index >= 15 is 0 Å². The quantitative estimate of drug-likeness (QED) is 0.622. The van der Waals surface area contributed by atoms with Gasteiger partial charge in [-0.1, -0.05) is 18.2 Å². The van der Waals surface area contributed by atoms with Crippen LogP contribution in [0.25, 0.3) is 0 Å². The summed E-state index contributed by atoms with van der Waals surface area (Å²) >= 11 is 0. The summed E-state index contributed by atoms with van der Waals surface area (Å²) in [5.74, 6) is 0.153. The molecule has 0 aliphatic carbocycles. The maximum Gasteiger partial charge on any atom is 0.330 e. The number of benzene rings is 1. The van der Waals surface area contributed by atoms with Crippen molar-refractivity contribution >= 4 is 5.97 Å². The number of ether oxygens (including phenoxy) is 2. The lowest BCUT2D eigenvalue weighted by molar-refractivity contribution is -0.134. The monoisotopic (exact) mass is 236 g/mol. The third-order valence-corrected chi connectivity index (χ3v) is 2.11. The maximum atomic E-state index is 10.9. The minimum Gasteiger partial charge on any atom is -0.484 e. The highest BCUT2D eigenvalue weighted by atomic mass is 16.5. The van der Waals surface area contributed by atoms with Crippen molar-refractivity contribution in [3.8, 4) is 5.75 Å². The number of esters is 1. The van der Waals surface area contributed by atoms with Crippen molar-refractivity contribution in [3.63, 3.8) is 0 Å². The molecule has 0 amide bonds. The Morgan fingerprint density at radius 1 is 1.35 bits per heavy atom. The number of hydrogen-bond acceptors (Lipinski definition) is 4. The summed E-state index contributed by atoms with van der Waals surface area (Å²) in [4.78, 5) is 10.9. The highest BCUT2D eigenvalue weighted by molar-refractivity contribution is 5.81. The zero-order valence-corrected chi connectivity index (χ0v) is 9.87. The molecule has 1 rings (SSSR count). The van der Waals surface area contributed by atoms with E-state index in [-0.39, 0.29) is 0 Å². The molecule has 1 aromatic rings. The minimum absolute atomic E-state index is 0.479. The molecule has 0 aliphatic rings. The summed E-state index contributed by atoms with van der Waals surface area (Å²) < 4.78 is 9.99. The summed E-state index contributed by atoms with van der Waals surface area (Å²) in [7, 11) is 1.29. The van der Waals surface area contributed by atoms with Crippen LogP contribution in [0.15, 0.2) is 42.5 Å². The highest BCUT2D eigenvalue weighted by Gasteiger charge is 2.13. The number of hydrogen-bond donors (Lipinski definition) is 1. The fourth-order valence-electron chi connectivity index (χ4n) is 1.20. The molecule has 0 spiro atoms. The van der Waals surface area contributed by atoms with Crippen molar-refractivity contribution < 1.29 is 19.4 Å². The molecular formula is C13H16O4. The number of aliphatic hydroxyl groups excluding tert-OH is 1. The van der Waals surface area contributed by atoms with Crippen molar-refractivity contribution in [2.75, 3.05) is 7.11 Å². The van der Waals surface area contributed by atoms with Gasteiger partial charge in [0.05, 0.1) is 13.2 Å². The van der Waals surface area contributed by atoms with E-state index in [9.17, 15) is 9.90 Å². The molecule has 0 radical (unpaired) electrons. The first-order valence-corrected chi connectivity index (χ1v) is 5.29. The third kappa shape index (κ3) is 4.70. The SMILES string of the molecule is COC(=O)/C=C/[C@@H](Oc1ccccc1)[C@H](C)O. The summed E-state index contributed by atoms with van der Waals surface area (Å²) in [6, 6.07) is 9.09. The van der Waals surface area contributed by atoms with Crippen molar-refractivity contribution in [1.29, 1.82) is 0 Å². The third-order valence-electron chi connectivity index (χ3n) is 2.11. The van der Waals surface area contributed by atoms with Crippen LogP contribution in [0.4, 0.5) is 0 Å². The van der Waals surface area contributed by atoms with Crippen molar-refractivity contribution in [3.05, 3.63) is 42.5 Å². The lowest BCUT2D eigenvalue weighted by atomic mass is 10.2. The van der Waals surface area contributed by atoms with Crippen LogP contribution in [0.2, 0.25) is 0 Å². The Hall–Kier alpha value is -1.81.